The molecule has 0 aliphatic carbocycles. The minimum atomic E-state index is -1.00. The quantitative estimate of drug-likeness (QED) is 0.323. The first kappa shape index (κ1) is 24.0. The second kappa shape index (κ2) is 11.2. The summed E-state index contributed by atoms with van der Waals surface area (Å²) in [5, 5.41) is 10.5. The fraction of sp³-hybridized carbons (Fsp3) is 0.652. The van der Waals surface area contributed by atoms with Crippen LogP contribution in [-0.4, -0.2) is 56.8 Å². The van der Waals surface area contributed by atoms with Gasteiger partial charge in [0.05, 0.1) is 24.9 Å². The van der Waals surface area contributed by atoms with Crippen LogP contribution in [0.25, 0.3) is 0 Å². The molecule has 0 unspecified atom stereocenters. The minimum Gasteiger partial charge on any atom is -0.393 e. The number of hydrogen-bond donors (Lipinski definition) is 1. The standard InChI is InChI=1S/C23H36O6/c1-6-23(26-5)22(2,3)21(28-17-25-4)15-20(29-23)14-19(24)12-13-27-16-18-10-8-7-9-11-18/h6-11,19-21,24H,1,12-17H2,2-5H3/t19-,20+,21-,23-/m0/s1. The fourth-order valence-electron chi connectivity index (χ4n) is 3.89. The van der Waals surface area contributed by atoms with E-state index in [9.17, 15) is 5.11 Å². The van der Waals surface area contributed by atoms with Gasteiger partial charge in [-0.3, -0.25) is 0 Å². The van der Waals surface area contributed by atoms with Gasteiger partial charge in [0.1, 0.15) is 6.79 Å². The highest BCUT2D eigenvalue weighted by molar-refractivity contribution is 5.13. The summed E-state index contributed by atoms with van der Waals surface area (Å²) in [6.07, 6.45) is 2.38. The van der Waals surface area contributed by atoms with Gasteiger partial charge < -0.3 is 28.8 Å². The summed E-state index contributed by atoms with van der Waals surface area (Å²) >= 11 is 0. The number of rotatable bonds is 12. The molecule has 0 bridgehead atoms. The first-order valence-corrected chi connectivity index (χ1v) is 10.2. The number of aliphatic hydroxyl groups is 1. The number of hydrogen-bond acceptors (Lipinski definition) is 6. The number of benzene rings is 1. The Morgan fingerprint density at radius 1 is 1.28 bits per heavy atom. The smallest absolute Gasteiger partial charge is 0.195 e. The Morgan fingerprint density at radius 3 is 2.62 bits per heavy atom. The summed E-state index contributed by atoms with van der Waals surface area (Å²) in [5.41, 5.74) is 0.649. The monoisotopic (exact) mass is 408 g/mol. The van der Waals surface area contributed by atoms with Gasteiger partial charge in [-0.05, 0) is 24.5 Å². The molecule has 0 spiro atoms. The molecule has 2 rings (SSSR count). The topological polar surface area (TPSA) is 66.4 Å². The third kappa shape index (κ3) is 6.10. The maximum absolute atomic E-state index is 10.5. The summed E-state index contributed by atoms with van der Waals surface area (Å²) < 4.78 is 28.7. The molecule has 29 heavy (non-hydrogen) atoms. The van der Waals surface area contributed by atoms with Crippen molar-refractivity contribution >= 4 is 0 Å². The van der Waals surface area contributed by atoms with Crippen molar-refractivity contribution in [3.05, 3.63) is 48.6 Å². The molecule has 1 aromatic rings. The van der Waals surface area contributed by atoms with E-state index < -0.39 is 17.3 Å². The highest BCUT2D eigenvalue weighted by Crippen LogP contribution is 2.47. The van der Waals surface area contributed by atoms with Crippen molar-refractivity contribution in [3.63, 3.8) is 0 Å². The van der Waals surface area contributed by atoms with E-state index in [0.717, 1.165) is 5.56 Å². The number of aliphatic hydroxyl groups excluding tert-OH is 1. The Hall–Kier alpha value is -1.28. The molecule has 1 N–H and O–H groups in total. The Kier molecular flexibility index (Phi) is 9.27. The summed E-state index contributed by atoms with van der Waals surface area (Å²) in [6.45, 7) is 9.19. The third-order valence-corrected chi connectivity index (χ3v) is 5.72. The van der Waals surface area contributed by atoms with Crippen LogP contribution in [0.2, 0.25) is 0 Å². The van der Waals surface area contributed by atoms with Crippen LogP contribution in [0.4, 0.5) is 0 Å². The number of methoxy groups -OCH3 is 2. The predicted molar refractivity (Wildman–Crippen MR) is 111 cm³/mol. The summed E-state index contributed by atoms with van der Waals surface area (Å²) in [5.74, 6) is -1.00. The van der Waals surface area contributed by atoms with Gasteiger partial charge in [-0.15, -0.1) is 0 Å². The van der Waals surface area contributed by atoms with Gasteiger partial charge in [-0.2, -0.15) is 0 Å². The molecule has 1 aliphatic heterocycles. The molecule has 6 heteroatoms. The zero-order chi connectivity index (χ0) is 21.3. The van der Waals surface area contributed by atoms with E-state index in [1.165, 1.54) is 0 Å². The molecular weight excluding hydrogens is 372 g/mol. The highest BCUT2D eigenvalue weighted by Gasteiger charge is 2.55. The third-order valence-electron chi connectivity index (χ3n) is 5.72. The van der Waals surface area contributed by atoms with Crippen molar-refractivity contribution in [2.45, 2.75) is 63.8 Å². The van der Waals surface area contributed by atoms with E-state index in [4.69, 9.17) is 23.7 Å². The Labute approximate surface area is 174 Å². The van der Waals surface area contributed by atoms with E-state index in [1.54, 1.807) is 20.3 Å². The van der Waals surface area contributed by atoms with Gasteiger partial charge in [0.2, 0.25) is 0 Å². The Bertz CT molecular complexity index is 605. The van der Waals surface area contributed by atoms with Crippen molar-refractivity contribution in [1.82, 2.24) is 0 Å². The average Bonchev–Trinajstić information content (AvgIpc) is 2.72. The summed E-state index contributed by atoms with van der Waals surface area (Å²) in [6, 6.07) is 9.99. The fourth-order valence-corrected chi connectivity index (χ4v) is 3.89. The lowest BCUT2D eigenvalue weighted by Gasteiger charge is -2.53. The Balaban J connectivity index is 1.89. The van der Waals surface area contributed by atoms with Crippen LogP contribution < -0.4 is 0 Å². The van der Waals surface area contributed by atoms with Gasteiger partial charge >= 0.3 is 0 Å². The van der Waals surface area contributed by atoms with Crippen molar-refractivity contribution < 1.29 is 28.8 Å². The molecule has 0 aromatic heterocycles. The maximum Gasteiger partial charge on any atom is 0.195 e. The molecule has 164 valence electrons. The van der Waals surface area contributed by atoms with Crippen molar-refractivity contribution in [3.8, 4) is 0 Å². The van der Waals surface area contributed by atoms with Crippen LogP contribution in [-0.2, 0) is 30.3 Å². The van der Waals surface area contributed by atoms with Gasteiger partial charge in [0.15, 0.2) is 5.79 Å². The highest BCUT2D eigenvalue weighted by atomic mass is 16.7. The van der Waals surface area contributed by atoms with Gasteiger partial charge in [0, 0.05) is 32.7 Å². The lowest BCUT2D eigenvalue weighted by molar-refractivity contribution is -0.332. The molecule has 1 fully saturated rings. The zero-order valence-electron chi connectivity index (χ0n) is 18.1. The van der Waals surface area contributed by atoms with Gasteiger partial charge in [-0.25, -0.2) is 0 Å². The molecule has 4 atom stereocenters. The molecule has 0 amide bonds. The average molecular weight is 409 g/mol. The van der Waals surface area contributed by atoms with E-state index in [1.807, 2.05) is 44.2 Å². The van der Waals surface area contributed by atoms with E-state index in [0.29, 0.717) is 32.5 Å². The predicted octanol–water partition coefficient (Wildman–Crippen LogP) is 3.68. The van der Waals surface area contributed by atoms with E-state index >= 15 is 0 Å². The molecule has 1 saturated heterocycles. The van der Waals surface area contributed by atoms with Crippen molar-refractivity contribution in [2.24, 2.45) is 5.41 Å². The lowest BCUT2D eigenvalue weighted by Crippen LogP contribution is -2.60. The van der Waals surface area contributed by atoms with Crippen LogP contribution in [0.1, 0.15) is 38.7 Å². The number of ether oxygens (including phenoxy) is 5. The molecule has 0 saturated carbocycles. The molecule has 0 radical (unpaired) electrons. The molecule has 1 aromatic carbocycles. The summed E-state index contributed by atoms with van der Waals surface area (Å²) in [7, 11) is 3.20. The van der Waals surface area contributed by atoms with Crippen LogP contribution in [0.5, 0.6) is 0 Å². The zero-order valence-corrected chi connectivity index (χ0v) is 18.1. The Morgan fingerprint density at radius 2 is 2.00 bits per heavy atom. The second-order valence-electron chi connectivity index (χ2n) is 8.05. The lowest BCUT2D eigenvalue weighted by atomic mass is 9.72. The molecule has 1 aliphatic rings. The van der Waals surface area contributed by atoms with Crippen molar-refractivity contribution in [1.29, 1.82) is 0 Å². The van der Waals surface area contributed by atoms with Crippen LogP contribution in [0, 0.1) is 5.41 Å². The van der Waals surface area contributed by atoms with Gasteiger partial charge in [-0.1, -0.05) is 50.8 Å². The minimum absolute atomic E-state index is 0.166. The summed E-state index contributed by atoms with van der Waals surface area (Å²) in [4.78, 5) is 0. The first-order chi connectivity index (χ1) is 13.9. The first-order valence-electron chi connectivity index (χ1n) is 10.2. The van der Waals surface area contributed by atoms with Crippen LogP contribution in [0.3, 0.4) is 0 Å². The van der Waals surface area contributed by atoms with E-state index in [2.05, 4.69) is 6.58 Å². The molecule has 1 heterocycles. The van der Waals surface area contributed by atoms with Crippen molar-refractivity contribution in [2.75, 3.05) is 27.6 Å². The maximum atomic E-state index is 10.5. The second-order valence-corrected chi connectivity index (χ2v) is 8.05. The van der Waals surface area contributed by atoms with E-state index in [-0.39, 0.29) is 19.0 Å². The van der Waals surface area contributed by atoms with Gasteiger partial charge in [0.25, 0.3) is 0 Å². The molecule has 6 nitrogen and oxygen atoms in total. The SMILES string of the molecule is C=C[C@]1(OC)O[C@H](C[C@@H](O)CCOCc2ccccc2)C[C@H](OCOC)C1(C)C. The normalized spacial score (nSPS) is 27.5. The van der Waals surface area contributed by atoms with Crippen LogP contribution in [0.15, 0.2) is 43.0 Å². The van der Waals surface area contributed by atoms with Crippen LogP contribution >= 0.6 is 0 Å². The largest absolute Gasteiger partial charge is 0.393 e. The molecular formula is C23H36O6.